The summed E-state index contributed by atoms with van der Waals surface area (Å²) < 4.78 is 82.7. The first-order valence-electron chi connectivity index (χ1n) is 14.7. The highest BCUT2D eigenvalue weighted by Crippen LogP contribution is 2.33. The summed E-state index contributed by atoms with van der Waals surface area (Å²) in [7, 11) is 2.84. The lowest BCUT2D eigenvalue weighted by Crippen LogP contribution is -2.53. The topological polar surface area (TPSA) is 106 Å². The molecule has 250 valence electrons. The van der Waals surface area contributed by atoms with Crippen molar-refractivity contribution in [2.45, 2.75) is 44.8 Å². The molecule has 1 unspecified atom stereocenters. The molecule has 0 aliphatic carbocycles. The molecule has 1 amide bonds. The molecule has 1 saturated heterocycles. The second-order valence-corrected chi connectivity index (χ2v) is 11.3. The standard InChI is InChI=1S/C33H33F5N4O5/c1-17-18(2)41(3)31(44)29(39-17)23-10-9-19(21-7-5-6-8-22(21)23)13-26(32(45)46-4)40-30(43)28-24(34)14-20(15-25(28)35)42-11-12-47-16-27(42)33(36,37)38/h5-10,14-15,26-27,32,45H,11-13,16H2,1-4H3,(H,40,43)/t26-,27+,32?/m0/s1. The second kappa shape index (κ2) is 13.4. The van der Waals surface area contributed by atoms with Crippen LogP contribution in [0.3, 0.4) is 0 Å². The van der Waals surface area contributed by atoms with Gasteiger partial charge in [-0.15, -0.1) is 0 Å². The van der Waals surface area contributed by atoms with Crippen LogP contribution in [0.25, 0.3) is 22.0 Å². The van der Waals surface area contributed by atoms with Crippen LogP contribution in [0.1, 0.15) is 27.3 Å². The summed E-state index contributed by atoms with van der Waals surface area (Å²) in [5.41, 5.74) is 1.11. The Hall–Kier alpha value is -4.40. The zero-order valence-electron chi connectivity index (χ0n) is 26.0. The third-order valence-corrected chi connectivity index (χ3v) is 8.52. The Morgan fingerprint density at radius 3 is 2.43 bits per heavy atom. The number of aryl methyl sites for hydroxylation is 1. The van der Waals surface area contributed by atoms with Gasteiger partial charge >= 0.3 is 6.18 Å². The van der Waals surface area contributed by atoms with Crippen LogP contribution in [0.4, 0.5) is 27.6 Å². The molecule has 47 heavy (non-hydrogen) atoms. The Bertz CT molecular complexity index is 1860. The van der Waals surface area contributed by atoms with Gasteiger partial charge in [0.2, 0.25) is 0 Å². The van der Waals surface area contributed by atoms with Gasteiger partial charge in [0.1, 0.15) is 28.9 Å². The molecule has 1 aliphatic heterocycles. The molecule has 0 radical (unpaired) electrons. The fourth-order valence-electron chi connectivity index (χ4n) is 5.76. The van der Waals surface area contributed by atoms with Gasteiger partial charge < -0.3 is 29.4 Å². The molecule has 1 aliphatic rings. The highest BCUT2D eigenvalue weighted by Gasteiger charge is 2.46. The van der Waals surface area contributed by atoms with Gasteiger partial charge in [0, 0.05) is 37.6 Å². The number of alkyl halides is 3. The molecule has 1 fully saturated rings. The van der Waals surface area contributed by atoms with E-state index < -0.39 is 59.9 Å². The number of nitrogens with zero attached hydrogens (tertiary/aromatic N) is 3. The third-order valence-electron chi connectivity index (χ3n) is 8.52. The fraction of sp³-hybridized carbons (Fsp3) is 0.364. The van der Waals surface area contributed by atoms with Crippen molar-refractivity contribution in [3.63, 3.8) is 0 Å². The SMILES string of the molecule is COC(O)[C@H](Cc1ccc(-c2nc(C)c(C)n(C)c2=O)c2ccccc12)NC(=O)c1c(F)cc(N2CCOC[C@@H]2C(F)(F)F)cc1F. The molecule has 2 heterocycles. The van der Waals surface area contributed by atoms with Crippen molar-refractivity contribution < 1.29 is 41.3 Å². The Labute approximate surface area is 266 Å². The molecule has 0 spiro atoms. The number of carbonyl (C=O) groups excluding carboxylic acids is 1. The van der Waals surface area contributed by atoms with Crippen molar-refractivity contribution in [1.29, 1.82) is 0 Å². The summed E-state index contributed by atoms with van der Waals surface area (Å²) in [6.45, 7) is 2.54. The average molecular weight is 661 g/mol. The molecule has 1 aromatic heterocycles. The largest absolute Gasteiger partial charge is 0.411 e. The van der Waals surface area contributed by atoms with E-state index in [0.717, 1.165) is 10.6 Å². The number of aliphatic hydroxyl groups excluding tert-OH is 1. The number of benzene rings is 3. The van der Waals surface area contributed by atoms with E-state index in [-0.39, 0.29) is 30.8 Å². The first-order chi connectivity index (χ1) is 22.2. The van der Waals surface area contributed by atoms with Crippen molar-refractivity contribution in [1.82, 2.24) is 14.9 Å². The Kier molecular flexibility index (Phi) is 9.66. The van der Waals surface area contributed by atoms with E-state index in [1.54, 1.807) is 57.3 Å². The summed E-state index contributed by atoms with van der Waals surface area (Å²) >= 11 is 0. The molecule has 0 saturated carbocycles. The zero-order valence-corrected chi connectivity index (χ0v) is 26.0. The highest BCUT2D eigenvalue weighted by atomic mass is 19.4. The van der Waals surface area contributed by atoms with E-state index in [1.807, 2.05) is 0 Å². The molecular weight excluding hydrogens is 627 g/mol. The lowest BCUT2D eigenvalue weighted by Gasteiger charge is -2.38. The van der Waals surface area contributed by atoms with Crippen LogP contribution in [-0.4, -0.2) is 72.0 Å². The second-order valence-electron chi connectivity index (χ2n) is 11.3. The first-order valence-corrected chi connectivity index (χ1v) is 14.7. The number of nitrogens with one attached hydrogen (secondary N) is 1. The summed E-state index contributed by atoms with van der Waals surface area (Å²) in [5, 5.41) is 14.4. The molecule has 5 rings (SSSR count). The predicted molar refractivity (Wildman–Crippen MR) is 164 cm³/mol. The zero-order chi connectivity index (χ0) is 34.2. The van der Waals surface area contributed by atoms with Crippen molar-refractivity contribution in [3.8, 4) is 11.3 Å². The fourth-order valence-corrected chi connectivity index (χ4v) is 5.76. The Morgan fingerprint density at radius 2 is 1.79 bits per heavy atom. The van der Waals surface area contributed by atoms with Crippen LogP contribution in [-0.2, 0) is 22.9 Å². The van der Waals surface area contributed by atoms with Crippen LogP contribution >= 0.6 is 0 Å². The van der Waals surface area contributed by atoms with Crippen molar-refractivity contribution in [3.05, 3.63) is 93.0 Å². The predicted octanol–water partition coefficient (Wildman–Crippen LogP) is 4.57. The normalized spacial score (nSPS) is 16.7. The number of hydrogen-bond acceptors (Lipinski definition) is 7. The highest BCUT2D eigenvalue weighted by molar-refractivity contribution is 5.98. The molecule has 4 aromatic rings. The molecule has 3 atom stereocenters. The van der Waals surface area contributed by atoms with Crippen LogP contribution in [0.15, 0.2) is 53.3 Å². The molecule has 0 bridgehead atoms. The maximum atomic E-state index is 15.3. The van der Waals surface area contributed by atoms with Crippen LogP contribution in [0, 0.1) is 25.5 Å². The van der Waals surface area contributed by atoms with E-state index in [9.17, 15) is 27.9 Å². The number of hydrogen-bond donors (Lipinski definition) is 2. The van der Waals surface area contributed by atoms with Crippen LogP contribution < -0.4 is 15.8 Å². The number of amides is 1. The van der Waals surface area contributed by atoms with Crippen LogP contribution in [0.2, 0.25) is 0 Å². The minimum Gasteiger partial charge on any atom is -0.377 e. The third kappa shape index (κ3) is 6.71. The molecule has 14 heteroatoms. The number of aliphatic hydroxyl groups is 1. The summed E-state index contributed by atoms with van der Waals surface area (Å²) in [5.74, 6) is -4.01. The molecule has 9 nitrogen and oxygen atoms in total. The lowest BCUT2D eigenvalue weighted by atomic mass is 9.94. The van der Waals surface area contributed by atoms with E-state index >= 15 is 8.78 Å². The summed E-state index contributed by atoms with van der Waals surface area (Å²) in [6.07, 6.45) is -6.40. The number of halogens is 5. The van der Waals surface area contributed by atoms with Crippen molar-refractivity contribution in [2.75, 3.05) is 31.8 Å². The van der Waals surface area contributed by atoms with Gasteiger partial charge in [0.05, 0.1) is 24.9 Å². The number of fused-ring (bicyclic) bond motifs is 1. The number of aromatic nitrogens is 2. The van der Waals surface area contributed by atoms with Gasteiger partial charge in [-0.25, -0.2) is 13.8 Å². The van der Waals surface area contributed by atoms with Crippen molar-refractivity contribution >= 4 is 22.4 Å². The Balaban J connectivity index is 1.46. The smallest absolute Gasteiger partial charge is 0.377 e. The van der Waals surface area contributed by atoms with Crippen molar-refractivity contribution in [2.24, 2.45) is 7.05 Å². The quantitative estimate of drug-likeness (QED) is 0.211. The van der Waals surface area contributed by atoms with E-state index in [2.05, 4.69) is 10.3 Å². The molecular formula is C33H33F5N4O5. The van der Waals surface area contributed by atoms with E-state index in [1.165, 1.54) is 11.7 Å². The number of ether oxygens (including phenoxy) is 2. The van der Waals surface area contributed by atoms with Gasteiger partial charge in [0.25, 0.3) is 11.5 Å². The van der Waals surface area contributed by atoms with Gasteiger partial charge in [-0.2, -0.15) is 13.2 Å². The Morgan fingerprint density at radius 1 is 1.13 bits per heavy atom. The van der Waals surface area contributed by atoms with Gasteiger partial charge in [-0.05, 0) is 48.7 Å². The minimum absolute atomic E-state index is 0.0672. The number of carbonyl (C=O) groups is 1. The minimum atomic E-state index is -4.72. The number of rotatable bonds is 8. The average Bonchev–Trinajstić information content (AvgIpc) is 3.04. The van der Waals surface area contributed by atoms with E-state index in [4.69, 9.17) is 9.47 Å². The number of morpholine rings is 1. The lowest BCUT2D eigenvalue weighted by molar-refractivity contribution is -0.167. The molecule has 3 aromatic carbocycles. The molecule has 2 N–H and O–H groups in total. The maximum absolute atomic E-state index is 15.3. The van der Waals surface area contributed by atoms with E-state index in [0.29, 0.717) is 39.7 Å². The summed E-state index contributed by atoms with van der Waals surface area (Å²) in [6, 6.07) is 8.54. The van der Waals surface area contributed by atoms with Gasteiger partial charge in [-0.3, -0.25) is 9.59 Å². The summed E-state index contributed by atoms with van der Waals surface area (Å²) in [4.78, 5) is 31.7. The number of anilines is 1. The van der Waals surface area contributed by atoms with Crippen LogP contribution in [0.5, 0.6) is 0 Å². The first kappa shape index (κ1) is 33.9. The maximum Gasteiger partial charge on any atom is 0.411 e. The number of methoxy groups -OCH3 is 1. The van der Waals surface area contributed by atoms with Gasteiger partial charge in [-0.1, -0.05) is 36.4 Å². The van der Waals surface area contributed by atoms with Gasteiger partial charge in [0.15, 0.2) is 6.29 Å². The monoisotopic (exact) mass is 660 g/mol.